The molecule has 1 fully saturated rings. The van der Waals surface area contributed by atoms with Crippen LogP contribution in [0, 0.1) is 19.8 Å². The monoisotopic (exact) mass is 510 g/mol. The number of anilines is 2. The molecule has 182 valence electrons. The van der Waals surface area contributed by atoms with Crippen molar-refractivity contribution in [2.24, 2.45) is 5.92 Å². The Balaban J connectivity index is 1.26. The maximum atomic E-state index is 12.8. The lowest BCUT2D eigenvalue weighted by atomic mass is 9.83. The third kappa shape index (κ3) is 4.92. The number of sulfonamides is 1. The van der Waals surface area contributed by atoms with Crippen LogP contribution >= 0.6 is 12.2 Å². The van der Waals surface area contributed by atoms with E-state index < -0.39 is 10.0 Å². The summed E-state index contributed by atoms with van der Waals surface area (Å²) in [7, 11) is -3.83. The number of thiocarbonyl (C=S) groups is 1. The number of fused-ring (bicyclic) bond motifs is 4. The SMILES string of the molecule is Cc1cc(C)nc(NS(=O)(=O)c2ccc(NC(=S)N3C[C@@H]4C[C@H](C3)c3cccc(=O)n3C4)cc2)n1. The Morgan fingerprint density at radius 3 is 2.46 bits per heavy atom. The molecule has 2 aliphatic heterocycles. The fourth-order valence-corrected chi connectivity index (χ4v) is 6.14. The molecule has 0 aliphatic carbocycles. The van der Waals surface area contributed by atoms with Gasteiger partial charge in [0.25, 0.3) is 15.6 Å². The molecule has 0 saturated carbocycles. The maximum Gasteiger partial charge on any atom is 0.264 e. The van der Waals surface area contributed by atoms with Crippen LogP contribution in [0.5, 0.6) is 0 Å². The van der Waals surface area contributed by atoms with Crippen molar-refractivity contribution in [2.75, 3.05) is 23.1 Å². The summed E-state index contributed by atoms with van der Waals surface area (Å²) in [4.78, 5) is 22.8. The lowest BCUT2D eigenvalue weighted by Gasteiger charge is -2.43. The summed E-state index contributed by atoms with van der Waals surface area (Å²) in [6.07, 6.45) is 1.05. The van der Waals surface area contributed by atoms with Crippen LogP contribution in [0.3, 0.4) is 0 Å². The third-order valence-corrected chi connectivity index (χ3v) is 8.10. The smallest absolute Gasteiger partial charge is 0.264 e. The Morgan fingerprint density at radius 1 is 1.03 bits per heavy atom. The molecular weight excluding hydrogens is 484 g/mol. The molecule has 2 aliphatic rings. The van der Waals surface area contributed by atoms with Crippen molar-refractivity contribution in [1.82, 2.24) is 19.4 Å². The van der Waals surface area contributed by atoms with Gasteiger partial charge in [-0.2, -0.15) is 0 Å². The van der Waals surface area contributed by atoms with Gasteiger partial charge in [0, 0.05) is 54.4 Å². The molecule has 35 heavy (non-hydrogen) atoms. The molecule has 9 nitrogen and oxygen atoms in total. The van der Waals surface area contributed by atoms with E-state index in [4.69, 9.17) is 12.2 Å². The molecule has 1 aromatic carbocycles. The van der Waals surface area contributed by atoms with Crippen LogP contribution in [0.1, 0.15) is 29.4 Å². The Kier molecular flexibility index (Phi) is 6.06. The molecular formula is C24H26N6O3S2. The van der Waals surface area contributed by atoms with Gasteiger partial charge in [-0.1, -0.05) is 6.07 Å². The van der Waals surface area contributed by atoms with E-state index in [-0.39, 0.29) is 22.3 Å². The average molecular weight is 511 g/mol. The van der Waals surface area contributed by atoms with Crippen molar-refractivity contribution in [1.29, 1.82) is 0 Å². The predicted molar refractivity (Wildman–Crippen MR) is 138 cm³/mol. The van der Waals surface area contributed by atoms with Crippen molar-refractivity contribution in [3.8, 4) is 0 Å². The molecule has 11 heteroatoms. The Labute approximate surface area is 209 Å². The lowest BCUT2D eigenvalue weighted by Crippen LogP contribution is -2.50. The van der Waals surface area contributed by atoms with E-state index in [1.165, 1.54) is 12.1 Å². The van der Waals surface area contributed by atoms with Gasteiger partial charge in [-0.05, 0) is 74.8 Å². The molecule has 2 aromatic heterocycles. The zero-order chi connectivity index (χ0) is 24.7. The number of hydrogen-bond donors (Lipinski definition) is 2. The van der Waals surface area contributed by atoms with Crippen LogP contribution in [0.4, 0.5) is 11.6 Å². The number of rotatable bonds is 4. The molecule has 3 aromatic rings. The first-order chi connectivity index (χ1) is 16.7. The summed E-state index contributed by atoms with van der Waals surface area (Å²) < 4.78 is 29.9. The summed E-state index contributed by atoms with van der Waals surface area (Å²) in [6.45, 7) is 5.77. The van der Waals surface area contributed by atoms with E-state index in [0.29, 0.717) is 34.7 Å². The quantitative estimate of drug-likeness (QED) is 0.516. The number of aromatic nitrogens is 3. The summed E-state index contributed by atoms with van der Waals surface area (Å²) in [5, 5.41) is 3.82. The minimum atomic E-state index is -3.83. The largest absolute Gasteiger partial charge is 0.348 e. The number of nitrogens with one attached hydrogen (secondary N) is 2. The van der Waals surface area contributed by atoms with Crippen molar-refractivity contribution in [3.05, 3.63) is 76.0 Å². The van der Waals surface area contributed by atoms with Gasteiger partial charge in [-0.15, -0.1) is 0 Å². The molecule has 2 N–H and O–H groups in total. The second-order valence-electron chi connectivity index (χ2n) is 9.14. The Bertz CT molecular complexity index is 1430. The molecule has 0 radical (unpaired) electrons. The van der Waals surface area contributed by atoms with E-state index in [0.717, 1.165) is 25.2 Å². The van der Waals surface area contributed by atoms with Crippen LogP contribution in [-0.4, -0.2) is 46.1 Å². The zero-order valence-corrected chi connectivity index (χ0v) is 21.1. The van der Waals surface area contributed by atoms with Gasteiger partial charge in [0.1, 0.15) is 0 Å². The lowest BCUT2D eigenvalue weighted by molar-refractivity contribution is 0.180. The average Bonchev–Trinajstić information content (AvgIpc) is 2.79. The van der Waals surface area contributed by atoms with Crippen molar-refractivity contribution in [2.45, 2.75) is 37.6 Å². The first-order valence-electron chi connectivity index (χ1n) is 11.4. The number of nitrogens with zero attached hydrogens (tertiary/aromatic N) is 4. The molecule has 5 rings (SSSR count). The van der Waals surface area contributed by atoms with Gasteiger partial charge in [-0.25, -0.2) is 23.1 Å². The van der Waals surface area contributed by atoms with Crippen molar-refractivity contribution >= 4 is 39.0 Å². The van der Waals surface area contributed by atoms with Crippen LogP contribution in [0.15, 0.2) is 58.2 Å². The second-order valence-corrected chi connectivity index (χ2v) is 11.2. The summed E-state index contributed by atoms with van der Waals surface area (Å²) in [5.41, 5.74) is 3.18. The van der Waals surface area contributed by atoms with Crippen LogP contribution < -0.4 is 15.6 Å². The molecule has 0 unspecified atom stereocenters. The van der Waals surface area contributed by atoms with Crippen LogP contribution in [0.2, 0.25) is 0 Å². The van der Waals surface area contributed by atoms with Gasteiger partial charge in [0.15, 0.2) is 5.11 Å². The standard InChI is InChI=1S/C24H26N6O3S2/c1-15-10-16(2)26-23(25-15)28-35(32,33)20-8-6-19(7-9-20)27-24(34)29-12-17-11-18(14-29)21-4-3-5-22(31)30(21)13-17/h3-10,17-18H,11-14H2,1-2H3,(H,27,34)(H,25,26,28)/t17-,18+/m0/s1. The highest BCUT2D eigenvalue weighted by atomic mass is 32.2. The predicted octanol–water partition coefficient (Wildman–Crippen LogP) is 2.87. The van der Waals surface area contributed by atoms with E-state index in [9.17, 15) is 13.2 Å². The fourth-order valence-electron chi connectivity index (χ4n) is 4.93. The van der Waals surface area contributed by atoms with E-state index >= 15 is 0 Å². The Hall–Kier alpha value is -3.31. The number of benzene rings is 1. The normalized spacial score (nSPS) is 19.1. The van der Waals surface area contributed by atoms with Gasteiger partial charge < -0.3 is 14.8 Å². The topological polar surface area (TPSA) is 109 Å². The van der Waals surface area contributed by atoms with Crippen molar-refractivity contribution in [3.63, 3.8) is 0 Å². The number of likely N-dealkylation sites (tertiary alicyclic amines) is 1. The van der Waals surface area contributed by atoms with Gasteiger partial charge in [-0.3, -0.25) is 4.79 Å². The number of pyridine rings is 1. The second kappa shape index (κ2) is 9.04. The van der Waals surface area contributed by atoms with Gasteiger partial charge in [0.2, 0.25) is 5.95 Å². The van der Waals surface area contributed by atoms with E-state index in [1.807, 2.05) is 16.7 Å². The molecule has 2 atom stereocenters. The van der Waals surface area contributed by atoms with Crippen LogP contribution in [-0.2, 0) is 16.6 Å². The highest BCUT2D eigenvalue weighted by Gasteiger charge is 2.35. The van der Waals surface area contributed by atoms with Gasteiger partial charge in [0.05, 0.1) is 4.90 Å². The summed E-state index contributed by atoms with van der Waals surface area (Å²) in [5.74, 6) is 0.653. The fraction of sp³-hybridized carbons (Fsp3) is 0.333. The molecule has 1 saturated heterocycles. The minimum absolute atomic E-state index is 0.0466. The van der Waals surface area contributed by atoms with E-state index in [2.05, 4.69) is 24.9 Å². The Morgan fingerprint density at radius 2 is 1.74 bits per heavy atom. The highest BCUT2D eigenvalue weighted by Crippen LogP contribution is 2.35. The number of piperidine rings is 1. The molecule has 4 heterocycles. The van der Waals surface area contributed by atoms with Crippen LogP contribution in [0.25, 0.3) is 0 Å². The van der Waals surface area contributed by atoms with E-state index in [1.54, 1.807) is 38.1 Å². The third-order valence-electron chi connectivity index (χ3n) is 6.39. The number of hydrogen-bond acceptors (Lipinski definition) is 6. The zero-order valence-electron chi connectivity index (χ0n) is 19.4. The first kappa shape index (κ1) is 23.4. The minimum Gasteiger partial charge on any atom is -0.348 e. The first-order valence-corrected chi connectivity index (χ1v) is 13.3. The van der Waals surface area contributed by atoms with Gasteiger partial charge >= 0.3 is 0 Å². The maximum absolute atomic E-state index is 12.8. The van der Waals surface area contributed by atoms with Crippen molar-refractivity contribution < 1.29 is 8.42 Å². The highest BCUT2D eigenvalue weighted by molar-refractivity contribution is 7.92. The molecule has 0 spiro atoms. The molecule has 0 amide bonds. The summed E-state index contributed by atoms with van der Waals surface area (Å²) >= 11 is 5.67. The molecule has 2 bridgehead atoms. The number of aryl methyl sites for hydroxylation is 2. The summed E-state index contributed by atoms with van der Waals surface area (Å²) in [6, 6.07) is 13.6.